The van der Waals surface area contributed by atoms with E-state index in [2.05, 4.69) is 9.47 Å². The summed E-state index contributed by atoms with van der Waals surface area (Å²) < 4.78 is 9.29. The molecule has 0 amide bonds. The van der Waals surface area contributed by atoms with E-state index in [1.807, 2.05) is 20.8 Å². The van der Waals surface area contributed by atoms with Crippen LogP contribution in [0.25, 0.3) is 0 Å². The Morgan fingerprint density at radius 2 is 1.46 bits per heavy atom. The minimum absolute atomic E-state index is 0.0305. The van der Waals surface area contributed by atoms with Crippen LogP contribution in [0.3, 0.4) is 0 Å². The van der Waals surface area contributed by atoms with Crippen molar-refractivity contribution in [3.8, 4) is 0 Å². The summed E-state index contributed by atoms with van der Waals surface area (Å²) in [7, 11) is 0. The van der Waals surface area contributed by atoms with Crippen molar-refractivity contribution < 1.29 is 19.1 Å². The van der Waals surface area contributed by atoms with Crippen LogP contribution in [0.5, 0.6) is 0 Å². The highest BCUT2D eigenvalue weighted by molar-refractivity contribution is 5.37. The molecular formula is C9H16O4. The number of carbonyl (C=O) groups excluding carboxylic acids is 2. The van der Waals surface area contributed by atoms with Crippen LogP contribution < -0.4 is 0 Å². The Morgan fingerprint density at radius 3 is 1.69 bits per heavy atom. The van der Waals surface area contributed by atoms with E-state index in [0.29, 0.717) is 12.9 Å². The second kappa shape index (κ2) is 5.56. The summed E-state index contributed by atoms with van der Waals surface area (Å²) in [6, 6.07) is 0. The molecule has 4 heteroatoms. The normalized spacial score (nSPS) is 11.1. The van der Waals surface area contributed by atoms with Gasteiger partial charge in [-0.2, -0.15) is 0 Å². The van der Waals surface area contributed by atoms with Crippen LogP contribution in [0.15, 0.2) is 0 Å². The zero-order valence-electron chi connectivity index (χ0n) is 8.28. The predicted molar refractivity (Wildman–Crippen MR) is 47.0 cm³/mol. The van der Waals surface area contributed by atoms with E-state index in [1.165, 1.54) is 0 Å². The summed E-state index contributed by atoms with van der Waals surface area (Å²) in [5.74, 6) is 0.0305. The van der Waals surface area contributed by atoms with E-state index in [4.69, 9.17) is 0 Å². The van der Waals surface area contributed by atoms with Crippen LogP contribution in [0.2, 0.25) is 0 Å². The van der Waals surface area contributed by atoms with Crippen molar-refractivity contribution in [2.75, 3.05) is 13.2 Å². The molecule has 0 aliphatic carbocycles. The first-order valence-electron chi connectivity index (χ1n) is 4.13. The maximum Gasteiger partial charge on any atom is 0.293 e. The quantitative estimate of drug-likeness (QED) is 0.583. The van der Waals surface area contributed by atoms with E-state index in [0.717, 1.165) is 0 Å². The lowest BCUT2D eigenvalue weighted by Crippen LogP contribution is -2.29. The monoisotopic (exact) mass is 188 g/mol. The molecule has 0 saturated carbocycles. The molecule has 0 aliphatic heterocycles. The Bertz CT molecular complexity index is 147. The Balaban J connectivity index is 4.02. The molecule has 0 rings (SSSR count). The van der Waals surface area contributed by atoms with Gasteiger partial charge in [0.25, 0.3) is 12.9 Å². The summed E-state index contributed by atoms with van der Waals surface area (Å²) >= 11 is 0. The van der Waals surface area contributed by atoms with Crippen LogP contribution in [-0.4, -0.2) is 26.2 Å². The molecule has 4 nitrogen and oxygen atoms in total. The Hall–Kier alpha value is -1.06. The first-order chi connectivity index (χ1) is 6.02. The second-order valence-electron chi connectivity index (χ2n) is 3.92. The van der Waals surface area contributed by atoms with Crippen LogP contribution in [-0.2, 0) is 19.1 Å². The number of hydrogen-bond donors (Lipinski definition) is 0. The molecule has 0 saturated heterocycles. The van der Waals surface area contributed by atoms with Crippen molar-refractivity contribution in [2.45, 2.75) is 20.8 Å². The molecule has 0 unspecified atom stereocenters. The smallest absolute Gasteiger partial charge is 0.293 e. The predicted octanol–water partition coefficient (Wildman–Crippen LogP) is 0.995. The van der Waals surface area contributed by atoms with Crippen molar-refractivity contribution in [3.05, 3.63) is 0 Å². The number of carbonyl (C=O) groups is 2. The fourth-order valence-corrected chi connectivity index (χ4v) is 0.859. The maximum absolute atomic E-state index is 9.98. The van der Waals surface area contributed by atoms with Crippen molar-refractivity contribution in [3.63, 3.8) is 0 Å². The lowest BCUT2D eigenvalue weighted by atomic mass is 9.82. The van der Waals surface area contributed by atoms with E-state index in [9.17, 15) is 9.59 Å². The molecule has 0 N–H and O–H groups in total. The Morgan fingerprint density at radius 1 is 1.08 bits per heavy atom. The molecule has 0 bridgehead atoms. The van der Waals surface area contributed by atoms with Crippen molar-refractivity contribution >= 4 is 12.9 Å². The van der Waals surface area contributed by atoms with E-state index < -0.39 is 0 Å². The second-order valence-corrected chi connectivity index (χ2v) is 3.92. The highest BCUT2D eigenvalue weighted by Crippen LogP contribution is 2.26. The maximum atomic E-state index is 9.98. The third-order valence-electron chi connectivity index (χ3n) is 1.96. The molecule has 0 aromatic carbocycles. The zero-order valence-corrected chi connectivity index (χ0v) is 8.28. The van der Waals surface area contributed by atoms with Crippen LogP contribution in [0.4, 0.5) is 0 Å². The number of hydrogen-bond acceptors (Lipinski definition) is 4. The minimum Gasteiger partial charge on any atom is -0.467 e. The molecule has 0 aliphatic rings. The minimum atomic E-state index is -0.0496. The SMILES string of the molecule is CC(C)(C)C(COC=O)COC=O. The fraction of sp³-hybridized carbons (Fsp3) is 0.778. The van der Waals surface area contributed by atoms with Gasteiger partial charge in [-0.1, -0.05) is 20.8 Å². The third kappa shape index (κ3) is 5.22. The molecule has 0 radical (unpaired) electrons. The van der Waals surface area contributed by atoms with Gasteiger partial charge >= 0.3 is 0 Å². The average Bonchev–Trinajstić information content (AvgIpc) is 2.02. The molecule has 0 aromatic rings. The molecule has 0 atom stereocenters. The van der Waals surface area contributed by atoms with E-state index in [-0.39, 0.29) is 24.5 Å². The third-order valence-corrected chi connectivity index (χ3v) is 1.96. The van der Waals surface area contributed by atoms with Gasteiger partial charge < -0.3 is 9.47 Å². The number of ether oxygens (including phenoxy) is 2. The van der Waals surface area contributed by atoms with E-state index in [1.54, 1.807) is 0 Å². The summed E-state index contributed by atoms with van der Waals surface area (Å²) in [6.45, 7) is 7.36. The summed E-state index contributed by atoms with van der Waals surface area (Å²) in [5, 5.41) is 0. The van der Waals surface area contributed by atoms with Crippen LogP contribution in [0.1, 0.15) is 20.8 Å². The molecular weight excluding hydrogens is 172 g/mol. The lowest BCUT2D eigenvalue weighted by Gasteiger charge is -2.28. The average molecular weight is 188 g/mol. The first kappa shape index (κ1) is 11.9. The van der Waals surface area contributed by atoms with Crippen LogP contribution >= 0.6 is 0 Å². The standard InChI is InChI=1S/C9H16O4/c1-9(2,3)8(4-12-6-10)5-13-7-11/h6-8H,4-5H2,1-3H3. The number of rotatable bonds is 6. The van der Waals surface area contributed by atoms with Gasteiger partial charge in [-0.25, -0.2) is 0 Å². The van der Waals surface area contributed by atoms with Gasteiger partial charge in [-0.05, 0) is 5.41 Å². The molecule has 13 heavy (non-hydrogen) atoms. The van der Waals surface area contributed by atoms with Gasteiger partial charge in [0.15, 0.2) is 0 Å². The van der Waals surface area contributed by atoms with Crippen molar-refractivity contribution in [1.29, 1.82) is 0 Å². The molecule has 76 valence electrons. The Kier molecular flexibility index (Phi) is 5.11. The molecule has 0 aromatic heterocycles. The first-order valence-corrected chi connectivity index (χ1v) is 4.13. The van der Waals surface area contributed by atoms with E-state index >= 15 is 0 Å². The fourth-order valence-electron chi connectivity index (χ4n) is 0.859. The summed E-state index contributed by atoms with van der Waals surface area (Å²) in [6.07, 6.45) is 0. The molecule has 0 heterocycles. The lowest BCUT2D eigenvalue weighted by molar-refractivity contribution is -0.135. The van der Waals surface area contributed by atoms with Gasteiger partial charge in [-0.3, -0.25) is 9.59 Å². The Labute approximate surface area is 78.2 Å². The summed E-state index contributed by atoms with van der Waals surface area (Å²) in [5.41, 5.74) is -0.0496. The van der Waals surface area contributed by atoms with Gasteiger partial charge in [-0.15, -0.1) is 0 Å². The topological polar surface area (TPSA) is 52.6 Å². The summed E-state index contributed by atoms with van der Waals surface area (Å²) in [4.78, 5) is 20.0. The molecule has 0 fully saturated rings. The van der Waals surface area contributed by atoms with Gasteiger partial charge in [0, 0.05) is 5.92 Å². The highest BCUT2D eigenvalue weighted by atomic mass is 16.5. The van der Waals surface area contributed by atoms with Gasteiger partial charge in [0.2, 0.25) is 0 Å². The molecule has 0 spiro atoms. The van der Waals surface area contributed by atoms with Crippen molar-refractivity contribution in [2.24, 2.45) is 11.3 Å². The van der Waals surface area contributed by atoms with Crippen LogP contribution in [0, 0.1) is 11.3 Å². The van der Waals surface area contributed by atoms with Gasteiger partial charge in [0.1, 0.15) is 0 Å². The van der Waals surface area contributed by atoms with Gasteiger partial charge in [0.05, 0.1) is 13.2 Å². The highest BCUT2D eigenvalue weighted by Gasteiger charge is 2.25. The largest absolute Gasteiger partial charge is 0.467 e. The zero-order chi connectivity index (χ0) is 10.3. The van der Waals surface area contributed by atoms with Crippen molar-refractivity contribution in [1.82, 2.24) is 0 Å².